The summed E-state index contributed by atoms with van der Waals surface area (Å²) in [5.41, 5.74) is 9.51. The van der Waals surface area contributed by atoms with E-state index in [0.29, 0.717) is 0 Å². The van der Waals surface area contributed by atoms with E-state index in [1.807, 2.05) is 43.3 Å². The van der Waals surface area contributed by atoms with Crippen LogP contribution >= 0.6 is 31.9 Å². The summed E-state index contributed by atoms with van der Waals surface area (Å²) in [5, 5.41) is 0. The Morgan fingerprint density at radius 3 is 2.37 bits per heavy atom. The molecule has 0 aliphatic rings. The summed E-state index contributed by atoms with van der Waals surface area (Å²) < 4.78 is 7.48. The number of hydrogen-bond donors (Lipinski definition) is 1. The van der Waals surface area contributed by atoms with Gasteiger partial charge in [0.15, 0.2) is 0 Å². The van der Waals surface area contributed by atoms with Gasteiger partial charge in [-0.2, -0.15) is 0 Å². The maximum atomic E-state index is 6.38. The zero-order valence-electron chi connectivity index (χ0n) is 10.8. The van der Waals surface area contributed by atoms with Crippen LogP contribution in [-0.2, 0) is 0 Å². The molecule has 2 nitrogen and oxygen atoms in total. The summed E-state index contributed by atoms with van der Waals surface area (Å²) in [7, 11) is 1.67. The predicted molar refractivity (Wildman–Crippen MR) is 85.6 cm³/mol. The molecule has 0 aromatic heterocycles. The SMILES string of the molecule is COc1cc(C)c(Br)cc1C(N)c1ccccc1Br. The predicted octanol–water partition coefficient (Wildman–Crippen LogP) is 4.58. The molecule has 0 fully saturated rings. The molecule has 0 bridgehead atoms. The monoisotopic (exact) mass is 383 g/mol. The molecular weight excluding hydrogens is 370 g/mol. The van der Waals surface area contributed by atoms with Crippen molar-refractivity contribution < 1.29 is 4.74 Å². The van der Waals surface area contributed by atoms with Crippen molar-refractivity contribution in [2.75, 3.05) is 7.11 Å². The molecule has 0 spiro atoms. The van der Waals surface area contributed by atoms with Crippen molar-refractivity contribution >= 4 is 31.9 Å². The third-order valence-electron chi connectivity index (χ3n) is 3.09. The summed E-state index contributed by atoms with van der Waals surface area (Å²) in [6, 6.07) is 11.8. The first-order valence-electron chi connectivity index (χ1n) is 5.88. The van der Waals surface area contributed by atoms with E-state index in [9.17, 15) is 0 Å². The lowest BCUT2D eigenvalue weighted by atomic mass is 9.98. The molecule has 2 aromatic rings. The second-order valence-electron chi connectivity index (χ2n) is 4.34. The molecule has 0 radical (unpaired) electrons. The Morgan fingerprint density at radius 1 is 1.05 bits per heavy atom. The van der Waals surface area contributed by atoms with Crippen LogP contribution in [0.4, 0.5) is 0 Å². The van der Waals surface area contributed by atoms with Gasteiger partial charge in [-0.05, 0) is 36.2 Å². The third kappa shape index (κ3) is 3.02. The molecular formula is C15H15Br2NO. The van der Waals surface area contributed by atoms with Crippen LogP contribution in [0.5, 0.6) is 5.75 Å². The van der Waals surface area contributed by atoms with Crippen molar-refractivity contribution in [3.8, 4) is 5.75 Å². The Bertz CT molecular complexity index is 599. The van der Waals surface area contributed by atoms with Crippen LogP contribution in [0.25, 0.3) is 0 Å². The minimum Gasteiger partial charge on any atom is -0.496 e. The van der Waals surface area contributed by atoms with Crippen LogP contribution in [0.15, 0.2) is 45.3 Å². The summed E-state index contributed by atoms with van der Waals surface area (Å²) in [5.74, 6) is 0.809. The molecule has 19 heavy (non-hydrogen) atoms. The number of aryl methyl sites for hydroxylation is 1. The smallest absolute Gasteiger partial charge is 0.124 e. The van der Waals surface area contributed by atoms with Gasteiger partial charge in [0, 0.05) is 14.5 Å². The Kier molecular flexibility index (Phi) is 4.66. The molecule has 4 heteroatoms. The Labute approximate surface area is 130 Å². The first-order chi connectivity index (χ1) is 9.04. The van der Waals surface area contributed by atoms with E-state index in [0.717, 1.165) is 31.4 Å². The molecule has 0 saturated carbocycles. The van der Waals surface area contributed by atoms with Gasteiger partial charge in [0.1, 0.15) is 5.75 Å². The number of ether oxygens (including phenoxy) is 1. The van der Waals surface area contributed by atoms with E-state index in [2.05, 4.69) is 31.9 Å². The minimum atomic E-state index is -0.234. The molecule has 1 atom stereocenters. The Balaban J connectivity index is 2.52. The van der Waals surface area contributed by atoms with Gasteiger partial charge in [-0.3, -0.25) is 0 Å². The zero-order chi connectivity index (χ0) is 14.0. The Hall–Kier alpha value is -0.840. The minimum absolute atomic E-state index is 0.234. The maximum Gasteiger partial charge on any atom is 0.124 e. The van der Waals surface area contributed by atoms with E-state index >= 15 is 0 Å². The molecule has 0 aliphatic heterocycles. The number of benzene rings is 2. The zero-order valence-corrected chi connectivity index (χ0v) is 14.0. The van der Waals surface area contributed by atoms with Gasteiger partial charge in [0.25, 0.3) is 0 Å². The highest BCUT2D eigenvalue weighted by Gasteiger charge is 2.17. The summed E-state index contributed by atoms with van der Waals surface area (Å²) in [6.07, 6.45) is 0. The van der Waals surface area contributed by atoms with E-state index in [4.69, 9.17) is 10.5 Å². The van der Waals surface area contributed by atoms with Gasteiger partial charge in [0.2, 0.25) is 0 Å². The second-order valence-corrected chi connectivity index (χ2v) is 6.05. The lowest BCUT2D eigenvalue weighted by Crippen LogP contribution is -2.14. The van der Waals surface area contributed by atoms with Crippen LogP contribution in [0, 0.1) is 6.92 Å². The first-order valence-corrected chi connectivity index (χ1v) is 7.47. The average molecular weight is 385 g/mol. The number of halogens is 2. The third-order valence-corrected chi connectivity index (χ3v) is 4.66. The lowest BCUT2D eigenvalue weighted by molar-refractivity contribution is 0.407. The van der Waals surface area contributed by atoms with Gasteiger partial charge in [-0.25, -0.2) is 0 Å². The van der Waals surface area contributed by atoms with E-state index in [1.54, 1.807) is 7.11 Å². The standard InChI is InChI=1S/C15H15Br2NO/c1-9-7-14(19-2)11(8-13(9)17)15(18)10-5-3-4-6-12(10)16/h3-8,15H,18H2,1-2H3. The number of rotatable bonds is 3. The normalized spacial score (nSPS) is 12.3. The van der Waals surface area contributed by atoms with Crippen molar-refractivity contribution in [1.29, 1.82) is 0 Å². The first kappa shape index (κ1) is 14.6. The summed E-state index contributed by atoms with van der Waals surface area (Å²) in [6.45, 7) is 2.03. The average Bonchev–Trinajstić information content (AvgIpc) is 2.41. The lowest BCUT2D eigenvalue weighted by Gasteiger charge is -2.18. The highest BCUT2D eigenvalue weighted by molar-refractivity contribution is 9.10. The molecule has 0 aliphatic carbocycles. The molecule has 2 N–H and O–H groups in total. The summed E-state index contributed by atoms with van der Waals surface area (Å²) >= 11 is 7.09. The molecule has 0 heterocycles. The Morgan fingerprint density at radius 2 is 1.74 bits per heavy atom. The van der Waals surface area contributed by atoms with Gasteiger partial charge >= 0.3 is 0 Å². The van der Waals surface area contributed by atoms with Crippen molar-refractivity contribution in [3.05, 3.63) is 62.0 Å². The molecule has 0 amide bonds. The number of hydrogen-bond acceptors (Lipinski definition) is 2. The fraction of sp³-hybridized carbons (Fsp3) is 0.200. The molecule has 1 unspecified atom stereocenters. The fourth-order valence-corrected chi connectivity index (χ4v) is 2.88. The highest BCUT2D eigenvalue weighted by Crippen LogP contribution is 2.35. The van der Waals surface area contributed by atoms with Crippen molar-refractivity contribution in [1.82, 2.24) is 0 Å². The van der Waals surface area contributed by atoms with Gasteiger partial charge in [0.05, 0.1) is 13.2 Å². The van der Waals surface area contributed by atoms with Crippen molar-refractivity contribution in [2.24, 2.45) is 5.73 Å². The fourth-order valence-electron chi connectivity index (χ4n) is 1.99. The van der Waals surface area contributed by atoms with Crippen LogP contribution in [0.3, 0.4) is 0 Å². The van der Waals surface area contributed by atoms with Crippen molar-refractivity contribution in [2.45, 2.75) is 13.0 Å². The van der Waals surface area contributed by atoms with Gasteiger partial charge < -0.3 is 10.5 Å². The quantitative estimate of drug-likeness (QED) is 0.840. The summed E-state index contributed by atoms with van der Waals surface area (Å²) in [4.78, 5) is 0. The van der Waals surface area contributed by atoms with E-state index < -0.39 is 0 Å². The number of methoxy groups -OCH3 is 1. The van der Waals surface area contributed by atoms with Gasteiger partial charge in [-0.15, -0.1) is 0 Å². The van der Waals surface area contributed by atoms with Crippen LogP contribution < -0.4 is 10.5 Å². The number of nitrogens with two attached hydrogens (primary N) is 1. The highest BCUT2D eigenvalue weighted by atomic mass is 79.9. The van der Waals surface area contributed by atoms with Crippen LogP contribution in [-0.4, -0.2) is 7.11 Å². The van der Waals surface area contributed by atoms with Crippen molar-refractivity contribution in [3.63, 3.8) is 0 Å². The van der Waals surface area contributed by atoms with E-state index in [-0.39, 0.29) is 6.04 Å². The maximum absolute atomic E-state index is 6.38. The molecule has 0 saturated heterocycles. The molecule has 2 rings (SSSR count). The van der Waals surface area contributed by atoms with Crippen LogP contribution in [0.1, 0.15) is 22.7 Å². The topological polar surface area (TPSA) is 35.2 Å². The second kappa shape index (κ2) is 6.07. The van der Waals surface area contributed by atoms with Gasteiger partial charge in [-0.1, -0.05) is 50.1 Å². The van der Waals surface area contributed by atoms with E-state index in [1.165, 1.54) is 0 Å². The van der Waals surface area contributed by atoms with Crippen LogP contribution in [0.2, 0.25) is 0 Å². The molecule has 2 aromatic carbocycles. The molecule has 100 valence electrons. The largest absolute Gasteiger partial charge is 0.496 e.